The third kappa shape index (κ3) is 6.59. The number of aromatic nitrogens is 1. The lowest BCUT2D eigenvalue weighted by Gasteiger charge is -2.41. The van der Waals surface area contributed by atoms with E-state index in [1.54, 1.807) is 38.1 Å². The second-order valence-electron chi connectivity index (χ2n) is 9.82. The van der Waals surface area contributed by atoms with Crippen LogP contribution in [0.25, 0.3) is 0 Å². The predicted molar refractivity (Wildman–Crippen MR) is 134 cm³/mol. The van der Waals surface area contributed by atoms with Crippen LogP contribution in [0.1, 0.15) is 50.0 Å². The number of amides is 2. The van der Waals surface area contributed by atoms with Gasteiger partial charge in [0.2, 0.25) is 0 Å². The van der Waals surface area contributed by atoms with Gasteiger partial charge in [0, 0.05) is 23.1 Å². The minimum absolute atomic E-state index is 0.0507. The molecule has 12 heteroatoms. The van der Waals surface area contributed by atoms with Crippen molar-refractivity contribution >= 4 is 40.7 Å². The molecular weight excluding hydrogens is 532 g/mol. The van der Waals surface area contributed by atoms with Crippen LogP contribution in [-0.2, 0) is 4.79 Å². The van der Waals surface area contributed by atoms with Gasteiger partial charge in [0.1, 0.15) is 18.0 Å². The smallest absolute Gasteiger partial charge is 0.405 e. The highest BCUT2D eigenvalue weighted by atomic mass is 35.5. The van der Waals surface area contributed by atoms with Gasteiger partial charge in [-0.25, -0.2) is 4.98 Å². The highest BCUT2D eigenvalue weighted by molar-refractivity contribution is 6.35. The van der Waals surface area contributed by atoms with Crippen molar-refractivity contribution < 1.29 is 27.5 Å². The van der Waals surface area contributed by atoms with Crippen LogP contribution in [0.3, 0.4) is 0 Å². The van der Waals surface area contributed by atoms with E-state index >= 15 is 0 Å². The maximum atomic E-state index is 13.1. The number of carbonyl (C=O) groups excluding carboxylic acids is 2. The summed E-state index contributed by atoms with van der Waals surface area (Å²) >= 11 is 12.1. The van der Waals surface area contributed by atoms with E-state index in [0.717, 1.165) is 18.5 Å². The molecule has 2 bridgehead atoms. The number of piperidine rings is 1. The van der Waals surface area contributed by atoms with Gasteiger partial charge in [-0.15, -0.1) is 0 Å². The maximum absolute atomic E-state index is 13.1. The van der Waals surface area contributed by atoms with Gasteiger partial charge < -0.3 is 20.3 Å². The van der Waals surface area contributed by atoms with Crippen LogP contribution >= 0.6 is 23.2 Å². The van der Waals surface area contributed by atoms with Crippen molar-refractivity contribution in [1.82, 2.24) is 15.6 Å². The first-order valence-electron chi connectivity index (χ1n) is 11.9. The van der Waals surface area contributed by atoms with Crippen LogP contribution in [0.5, 0.6) is 5.75 Å². The van der Waals surface area contributed by atoms with E-state index in [0.29, 0.717) is 28.6 Å². The zero-order valence-electron chi connectivity index (χ0n) is 20.2. The third-order valence-electron chi connectivity index (χ3n) is 6.60. The van der Waals surface area contributed by atoms with Crippen LogP contribution in [0.2, 0.25) is 10.0 Å². The minimum atomic E-state index is -4.49. The first-order valence-corrected chi connectivity index (χ1v) is 12.6. The molecule has 1 aromatic carbocycles. The number of pyridine rings is 1. The van der Waals surface area contributed by atoms with Gasteiger partial charge >= 0.3 is 6.18 Å². The summed E-state index contributed by atoms with van der Waals surface area (Å²) in [7, 11) is 0. The number of benzene rings is 1. The van der Waals surface area contributed by atoms with E-state index in [1.807, 2.05) is 5.32 Å². The Bertz CT molecular complexity index is 1150. The summed E-state index contributed by atoms with van der Waals surface area (Å²) in [5.74, 6) is -0.769. The number of nitrogens with zero attached hydrogens (tertiary/aromatic N) is 2. The largest absolute Gasteiger partial charge is 0.476 e. The summed E-state index contributed by atoms with van der Waals surface area (Å²) in [6, 6.07) is 8.21. The molecule has 0 saturated carbocycles. The van der Waals surface area contributed by atoms with Crippen molar-refractivity contribution in [1.29, 1.82) is 0 Å². The molecule has 0 aliphatic carbocycles. The lowest BCUT2D eigenvalue weighted by molar-refractivity contribution is -0.135. The van der Waals surface area contributed by atoms with Crippen LogP contribution in [0.15, 0.2) is 36.5 Å². The Morgan fingerprint density at radius 1 is 1.11 bits per heavy atom. The molecule has 2 aliphatic heterocycles. The first kappa shape index (κ1) is 27.3. The first-order chi connectivity index (χ1) is 17.3. The molecule has 0 radical (unpaired) electrons. The lowest BCUT2D eigenvalue weighted by Crippen LogP contribution is -2.55. The summed E-state index contributed by atoms with van der Waals surface area (Å²) in [4.78, 5) is 31.3. The molecule has 0 spiro atoms. The molecule has 1 unspecified atom stereocenters. The highest BCUT2D eigenvalue weighted by Gasteiger charge is 2.43. The molecule has 2 N–H and O–H groups in total. The van der Waals surface area contributed by atoms with Crippen molar-refractivity contribution in [2.75, 3.05) is 11.4 Å². The fourth-order valence-electron chi connectivity index (χ4n) is 4.90. The molecule has 2 aliphatic rings. The monoisotopic (exact) mass is 558 g/mol. The minimum Gasteiger partial charge on any atom is -0.476 e. The summed E-state index contributed by atoms with van der Waals surface area (Å²) in [5, 5.41) is 5.72. The van der Waals surface area contributed by atoms with Gasteiger partial charge in [-0.3, -0.25) is 9.59 Å². The molecular formula is C25H27Cl2F3N4O3. The number of halogens is 5. The second kappa shape index (κ2) is 10.6. The SMILES string of the molecule is CC(C)(Oc1ccc(Cl)cc1Cl)C(=O)NC1C[C@H]2CC[C@@H](C1)N2c1ccc(C(=O)NCC(F)(F)F)nc1. The van der Waals surface area contributed by atoms with Crippen LogP contribution < -0.4 is 20.3 Å². The van der Waals surface area contributed by atoms with E-state index in [2.05, 4.69) is 15.2 Å². The van der Waals surface area contributed by atoms with Crippen molar-refractivity contribution in [2.45, 2.75) is 69.4 Å². The zero-order chi connectivity index (χ0) is 27.0. The normalized spacial score (nSPS) is 21.5. The number of hydrogen-bond acceptors (Lipinski definition) is 5. The summed E-state index contributed by atoms with van der Waals surface area (Å²) in [6.07, 6.45) is 0.330. The number of hydrogen-bond donors (Lipinski definition) is 2. The number of carbonyl (C=O) groups is 2. The molecule has 3 heterocycles. The van der Waals surface area contributed by atoms with Gasteiger partial charge in [0.15, 0.2) is 5.60 Å². The van der Waals surface area contributed by atoms with Crippen molar-refractivity contribution in [2.24, 2.45) is 0 Å². The fourth-order valence-corrected chi connectivity index (χ4v) is 5.35. The molecule has 3 atom stereocenters. The predicted octanol–water partition coefficient (Wildman–Crippen LogP) is 5.15. The quantitative estimate of drug-likeness (QED) is 0.490. The number of nitrogens with one attached hydrogen (secondary N) is 2. The van der Waals surface area contributed by atoms with Crippen molar-refractivity contribution in [3.63, 3.8) is 0 Å². The Labute approximate surface area is 222 Å². The van der Waals surface area contributed by atoms with E-state index < -0.39 is 24.2 Å². The summed E-state index contributed by atoms with van der Waals surface area (Å²) in [5.41, 5.74) is -0.448. The lowest BCUT2D eigenvalue weighted by atomic mass is 9.95. The Hall–Kier alpha value is -2.72. The summed E-state index contributed by atoms with van der Waals surface area (Å²) in [6.45, 7) is 1.94. The number of alkyl halides is 3. The molecule has 2 aromatic rings. The summed E-state index contributed by atoms with van der Waals surface area (Å²) < 4.78 is 43.0. The molecule has 2 amide bonds. The molecule has 7 nitrogen and oxygen atoms in total. The van der Waals surface area contributed by atoms with Gasteiger partial charge in [-0.2, -0.15) is 13.2 Å². The van der Waals surface area contributed by atoms with E-state index in [4.69, 9.17) is 27.9 Å². The zero-order valence-corrected chi connectivity index (χ0v) is 21.8. The van der Waals surface area contributed by atoms with Gasteiger partial charge in [-0.1, -0.05) is 23.2 Å². The van der Waals surface area contributed by atoms with Crippen LogP contribution in [0.4, 0.5) is 18.9 Å². The maximum Gasteiger partial charge on any atom is 0.405 e. The Morgan fingerprint density at radius 2 is 1.78 bits per heavy atom. The van der Waals surface area contributed by atoms with E-state index in [-0.39, 0.29) is 29.7 Å². The molecule has 1 aromatic heterocycles. The Morgan fingerprint density at radius 3 is 2.35 bits per heavy atom. The van der Waals surface area contributed by atoms with E-state index in [9.17, 15) is 22.8 Å². The molecule has 200 valence electrons. The second-order valence-corrected chi connectivity index (χ2v) is 10.7. The standard InChI is InChI=1S/C25H27Cl2F3N4O3/c1-24(2,37-21-8-3-14(26)9-19(21)27)23(36)33-15-10-16-4-5-17(11-15)34(16)18-6-7-20(31-12-18)22(35)32-13-25(28,29)30/h3,6-9,12,15-17H,4-5,10-11,13H2,1-2H3,(H,32,35)(H,33,36)/t15?,16-,17+. The van der Waals surface area contributed by atoms with Gasteiger partial charge in [-0.05, 0) is 69.9 Å². The van der Waals surface area contributed by atoms with Crippen LogP contribution in [0, 0.1) is 0 Å². The fraction of sp³-hybridized carbons (Fsp3) is 0.480. The molecule has 2 fully saturated rings. The average Bonchev–Trinajstić information content (AvgIpc) is 3.09. The molecule has 37 heavy (non-hydrogen) atoms. The van der Waals surface area contributed by atoms with Gasteiger partial charge in [0.05, 0.1) is 16.9 Å². The number of anilines is 1. The van der Waals surface area contributed by atoms with Crippen molar-refractivity contribution in [3.05, 3.63) is 52.3 Å². The van der Waals surface area contributed by atoms with Crippen molar-refractivity contribution in [3.8, 4) is 5.75 Å². The Balaban J connectivity index is 1.35. The topological polar surface area (TPSA) is 83.6 Å². The number of rotatable bonds is 7. The number of fused-ring (bicyclic) bond motifs is 2. The highest BCUT2D eigenvalue weighted by Crippen LogP contribution is 2.39. The van der Waals surface area contributed by atoms with E-state index in [1.165, 1.54) is 12.3 Å². The molecule has 4 rings (SSSR count). The number of ether oxygens (including phenoxy) is 1. The average molecular weight is 559 g/mol. The third-order valence-corrected chi connectivity index (χ3v) is 7.13. The van der Waals surface area contributed by atoms with Gasteiger partial charge in [0.25, 0.3) is 11.8 Å². The van der Waals surface area contributed by atoms with Crippen LogP contribution in [-0.4, -0.2) is 53.2 Å². The molecule has 2 saturated heterocycles. The Kier molecular flexibility index (Phi) is 7.80.